The maximum absolute atomic E-state index is 11.8. The predicted octanol–water partition coefficient (Wildman–Crippen LogP) is 0.854. The van der Waals surface area contributed by atoms with Crippen LogP contribution < -0.4 is 5.32 Å². The molecule has 1 aromatic carbocycles. The van der Waals surface area contributed by atoms with E-state index in [9.17, 15) is 4.79 Å². The Morgan fingerprint density at radius 3 is 3.06 bits per heavy atom. The van der Waals surface area contributed by atoms with Gasteiger partial charge in [0.25, 0.3) is 5.91 Å². The molecule has 2 aromatic rings. The molecule has 1 heterocycles. The van der Waals surface area contributed by atoms with Crippen molar-refractivity contribution in [3.8, 4) is 0 Å². The zero-order chi connectivity index (χ0) is 12.3. The normalized spacial score (nSPS) is 11.0. The maximum atomic E-state index is 11.8. The number of H-pyrrole nitrogens is 1. The second-order valence-corrected chi connectivity index (χ2v) is 4.19. The zero-order valence-electron chi connectivity index (χ0n) is 10.0. The summed E-state index contributed by atoms with van der Waals surface area (Å²) in [6, 6.07) is 5.44. The molecule has 0 saturated carbocycles. The standard InChI is InChI=1S/C12H16N4O/c1-16(2)6-5-13-12(17)9-3-4-10-11(7-9)15-8-14-10/h3-4,7-8H,5-6H2,1-2H3,(H,13,17)(H,14,15). The van der Waals surface area contributed by atoms with Crippen molar-refractivity contribution in [1.82, 2.24) is 20.2 Å². The molecule has 0 aliphatic rings. The van der Waals surface area contributed by atoms with E-state index in [1.807, 2.05) is 31.1 Å². The van der Waals surface area contributed by atoms with Gasteiger partial charge in [0.05, 0.1) is 17.4 Å². The lowest BCUT2D eigenvalue weighted by Crippen LogP contribution is -2.31. The molecule has 0 bridgehead atoms. The first-order chi connectivity index (χ1) is 8.16. The van der Waals surface area contributed by atoms with Crippen LogP contribution in [0.4, 0.5) is 0 Å². The van der Waals surface area contributed by atoms with E-state index in [1.165, 1.54) is 0 Å². The third-order valence-electron chi connectivity index (χ3n) is 2.53. The summed E-state index contributed by atoms with van der Waals surface area (Å²) >= 11 is 0. The van der Waals surface area contributed by atoms with Crippen molar-refractivity contribution < 1.29 is 4.79 Å². The van der Waals surface area contributed by atoms with Gasteiger partial charge in [-0.25, -0.2) is 4.98 Å². The van der Waals surface area contributed by atoms with Crippen molar-refractivity contribution in [1.29, 1.82) is 0 Å². The van der Waals surface area contributed by atoms with Gasteiger partial charge in [0.2, 0.25) is 0 Å². The maximum Gasteiger partial charge on any atom is 0.251 e. The van der Waals surface area contributed by atoms with Crippen molar-refractivity contribution in [2.45, 2.75) is 0 Å². The number of nitrogens with one attached hydrogen (secondary N) is 2. The minimum absolute atomic E-state index is 0.0525. The van der Waals surface area contributed by atoms with E-state index in [1.54, 1.807) is 12.4 Å². The Hall–Kier alpha value is -1.88. The molecule has 90 valence electrons. The van der Waals surface area contributed by atoms with Gasteiger partial charge < -0.3 is 15.2 Å². The van der Waals surface area contributed by atoms with Crippen molar-refractivity contribution in [2.75, 3.05) is 27.2 Å². The number of hydrogen-bond acceptors (Lipinski definition) is 3. The number of amides is 1. The second-order valence-electron chi connectivity index (χ2n) is 4.19. The van der Waals surface area contributed by atoms with Gasteiger partial charge in [-0.3, -0.25) is 4.79 Å². The first kappa shape index (κ1) is 11.6. The molecule has 0 saturated heterocycles. The van der Waals surface area contributed by atoms with Crippen molar-refractivity contribution in [3.05, 3.63) is 30.1 Å². The van der Waals surface area contributed by atoms with E-state index in [2.05, 4.69) is 15.3 Å². The van der Waals surface area contributed by atoms with Gasteiger partial charge in [0, 0.05) is 18.7 Å². The molecule has 2 N–H and O–H groups in total. The van der Waals surface area contributed by atoms with Crippen LogP contribution in [-0.4, -0.2) is 48.0 Å². The van der Waals surface area contributed by atoms with Crippen LogP contribution >= 0.6 is 0 Å². The third-order valence-corrected chi connectivity index (χ3v) is 2.53. The number of rotatable bonds is 4. The van der Waals surface area contributed by atoms with Crippen molar-refractivity contribution >= 4 is 16.9 Å². The van der Waals surface area contributed by atoms with E-state index in [-0.39, 0.29) is 5.91 Å². The zero-order valence-corrected chi connectivity index (χ0v) is 10.0. The number of likely N-dealkylation sites (N-methyl/N-ethyl adjacent to an activating group) is 1. The number of aromatic amines is 1. The molecule has 0 radical (unpaired) electrons. The lowest BCUT2D eigenvalue weighted by atomic mass is 10.2. The quantitative estimate of drug-likeness (QED) is 0.821. The van der Waals surface area contributed by atoms with Gasteiger partial charge in [0.15, 0.2) is 0 Å². The number of benzene rings is 1. The minimum atomic E-state index is -0.0525. The Morgan fingerprint density at radius 1 is 1.47 bits per heavy atom. The molecule has 0 fully saturated rings. The number of hydrogen-bond donors (Lipinski definition) is 2. The van der Waals surface area contributed by atoms with Gasteiger partial charge in [-0.1, -0.05) is 0 Å². The largest absolute Gasteiger partial charge is 0.351 e. The first-order valence-electron chi connectivity index (χ1n) is 5.53. The fraction of sp³-hybridized carbons (Fsp3) is 0.333. The van der Waals surface area contributed by atoms with Crippen LogP contribution in [0.3, 0.4) is 0 Å². The van der Waals surface area contributed by atoms with Crippen molar-refractivity contribution in [3.63, 3.8) is 0 Å². The van der Waals surface area contributed by atoms with E-state index in [0.717, 1.165) is 17.6 Å². The average Bonchev–Trinajstić information content (AvgIpc) is 2.75. The van der Waals surface area contributed by atoms with E-state index in [0.29, 0.717) is 12.1 Å². The Bertz CT molecular complexity index is 518. The van der Waals surface area contributed by atoms with Crippen LogP contribution in [0.2, 0.25) is 0 Å². The van der Waals surface area contributed by atoms with Crippen LogP contribution in [0.5, 0.6) is 0 Å². The van der Waals surface area contributed by atoms with Crippen LogP contribution in [0, 0.1) is 0 Å². The summed E-state index contributed by atoms with van der Waals surface area (Å²) in [4.78, 5) is 21.0. The van der Waals surface area contributed by atoms with E-state index in [4.69, 9.17) is 0 Å². The number of nitrogens with zero attached hydrogens (tertiary/aromatic N) is 2. The number of aromatic nitrogens is 2. The average molecular weight is 232 g/mol. The highest BCUT2D eigenvalue weighted by atomic mass is 16.1. The van der Waals surface area contributed by atoms with Gasteiger partial charge >= 0.3 is 0 Å². The molecule has 0 aliphatic carbocycles. The number of fused-ring (bicyclic) bond motifs is 1. The van der Waals surface area contributed by atoms with Crippen LogP contribution in [0.15, 0.2) is 24.5 Å². The monoisotopic (exact) mass is 232 g/mol. The molecular formula is C12H16N4O. The van der Waals surface area contributed by atoms with Crippen LogP contribution in [-0.2, 0) is 0 Å². The summed E-state index contributed by atoms with van der Waals surface area (Å²) in [7, 11) is 3.95. The number of imidazole rings is 1. The highest BCUT2D eigenvalue weighted by Gasteiger charge is 2.06. The summed E-state index contributed by atoms with van der Waals surface area (Å²) in [5.74, 6) is -0.0525. The second kappa shape index (κ2) is 4.97. The molecule has 0 aliphatic heterocycles. The SMILES string of the molecule is CN(C)CCNC(=O)c1ccc2nc[nH]c2c1. The molecule has 5 nitrogen and oxygen atoms in total. The summed E-state index contributed by atoms with van der Waals surface area (Å²) < 4.78 is 0. The summed E-state index contributed by atoms with van der Waals surface area (Å²) in [6.45, 7) is 1.48. The fourth-order valence-electron chi connectivity index (χ4n) is 1.57. The molecule has 5 heteroatoms. The topological polar surface area (TPSA) is 61.0 Å². The molecule has 17 heavy (non-hydrogen) atoms. The molecule has 0 unspecified atom stereocenters. The van der Waals surface area contributed by atoms with E-state index < -0.39 is 0 Å². The first-order valence-corrected chi connectivity index (χ1v) is 5.53. The third kappa shape index (κ3) is 2.82. The number of carbonyl (C=O) groups excluding carboxylic acids is 1. The summed E-state index contributed by atoms with van der Waals surface area (Å²) in [5.41, 5.74) is 2.40. The summed E-state index contributed by atoms with van der Waals surface area (Å²) in [5, 5.41) is 2.87. The van der Waals surface area contributed by atoms with Gasteiger partial charge in [0.1, 0.15) is 0 Å². The lowest BCUT2D eigenvalue weighted by Gasteiger charge is -2.10. The lowest BCUT2D eigenvalue weighted by molar-refractivity contribution is 0.0951. The smallest absolute Gasteiger partial charge is 0.251 e. The number of carbonyl (C=O) groups is 1. The Balaban J connectivity index is 2.03. The Kier molecular flexibility index (Phi) is 3.39. The molecule has 2 rings (SSSR count). The molecule has 0 atom stereocenters. The molecular weight excluding hydrogens is 216 g/mol. The van der Waals surface area contributed by atoms with Crippen LogP contribution in [0.25, 0.3) is 11.0 Å². The van der Waals surface area contributed by atoms with Gasteiger partial charge in [-0.05, 0) is 32.3 Å². The molecule has 0 spiro atoms. The van der Waals surface area contributed by atoms with Gasteiger partial charge in [-0.15, -0.1) is 0 Å². The van der Waals surface area contributed by atoms with E-state index >= 15 is 0 Å². The fourth-order valence-corrected chi connectivity index (χ4v) is 1.57. The Labute approximate surface area is 99.8 Å². The predicted molar refractivity (Wildman–Crippen MR) is 67.0 cm³/mol. The molecule has 1 amide bonds. The summed E-state index contributed by atoms with van der Waals surface area (Å²) in [6.07, 6.45) is 1.62. The minimum Gasteiger partial charge on any atom is -0.351 e. The highest BCUT2D eigenvalue weighted by molar-refractivity contribution is 5.97. The van der Waals surface area contributed by atoms with Crippen molar-refractivity contribution in [2.24, 2.45) is 0 Å². The van der Waals surface area contributed by atoms with Gasteiger partial charge in [-0.2, -0.15) is 0 Å². The highest BCUT2D eigenvalue weighted by Crippen LogP contribution is 2.11. The Morgan fingerprint density at radius 2 is 2.29 bits per heavy atom. The van der Waals surface area contributed by atoms with Crippen LogP contribution in [0.1, 0.15) is 10.4 Å². The molecule has 1 aromatic heterocycles.